The number of carbonyl (C=O) groups excluding carboxylic acids is 1. The zero-order valence-electron chi connectivity index (χ0n) is 12.9. The Bertz CT molecular complexity index is 739. The van der Waals surface area contributed by atoms with Gasteiger partial charge in [0.05, 0.1) is 7.11 Å². The molecular weight excluding hydrogens is 308 g/mol. The molecule has 0 fully saturated rings. The summed E-state index contributed by atoms with van der Waals surface area (Å²) in [5.74, 6) is 5.75. The highest BCUT2D eigenvalue weighted by Crippen LogP contribution is 2.31. The van der Waals surface area contributed by atoms with Crippen molar-refractivity contribution in [1.82, 2.24) is 0 Å². The summed E-state index contributed by atoms with van der Waals surface area (Å²) in [4.78, 5) is 12.5. The van der Waals surface area contributed by atoms with Crippen molar-refractivity contribution in [1.29, 1.82) is 0 Å². The predicted molar refractivity (Wildman–Crippen MR) is 93.3 cm³/mol. The lowest BCUT2D eigenvalue weighted by atomic mass is 9.78. The summed E-state index contributed by atoms with van der Waals surface area (Å²) in [5, 5.41) is 0.599. The molecule has 2 aromatic carbocycles. The highest BCUT2D eigenvalue weighted by Gasteiger charge is 2.39. The minimum atomic E-state index is -1.10. The summed E-state index contributed by atoms with van der Waals surface area (Å²) in [6.45, 7) is 3.76. The lowest BCUT2D eigenvalue weighted by molar-refractivity contribution is -0.145. The molecule has 0 aliphatic carbocycles. The lowest BCUT2D eigenvalue weighted by Gasteiger charge is -2.25. The molecule has 1 atom stereocenters. The van der Waals surface area contributed by atoms with Crippen molar-refractivity contribution in [2.45, 2.75) is 11.8 Å². The fourth-order valence-electron chi connectivity index (χ4n) is 2.32. The van der Waals surface area contributed by atoms with E-state index in [2.05, 4.69) is 18.4 Å². The molecule has 3 heteroatoms. The summed E-state index contributed by atoms with van der Waals surface area (Å²) >= 11 is 5.95. The Kier molecular flexibility index (Phi) is 5.62. The van der Waals surface area contributed by atoms with Crippen molar-refractivity contribution in [3.63, 3.8) is 0 Å². The van der Waals surface area contributed by atoms with Gasteiger partial charge in [-0.25, -0.2) is 0 Å². The van der Waals surface area contributed by atoms with Gasteiger partial charge < -0.3 is 4.74 Å². The van der Waals surface area contributed by atoms with Gasteiger partial charge in [-0.05, 0) is 36.2 Å². The molecule has 0 saturated heterocycles. The van der Waals surface area contributed by atoms with Crippen molar-refractivity contribution in [2.24, 2.45) is 0 Å². The van der Waals surface area contributed by atoms with Crippen LogP contribution >= 0.6 is 11.6 Å². The van der Waals surface area contributed by atoms with Crippen molar-refractivity contribution in [2.75, 3.05) is 7.11 Å². The predicted octanol–water partition coefficient (Wildman–Crippen LogP) is 4.38. The summed E-state index contributed by atoms with van der Waals surface area (Å²) < 4.78 is 5.02. The first-order valence-electron chi connectivity index (χ1n) is 7.16. The van der Waals surface area contributed by atoms with Crippen molar-refractivity contribution in [3.8, 4) is 11.8 Å². The number of halogens is 1. The fourth-order valence-corrected chi connectivity index (χ4v) is 2.44. The van der Waals surface area contributed by atoms with E-state index in [-0.39, 0.29) is 0 Å². The third-order valence-electron chi connectivity index (χ3n) is 3.52. The normalized spacial score (nSPS) is 12.4. The number of benzene rings is 2. The van der Waals surface area contributed by atoms with Crippen molar-refractivity contribution < 1.29 is 9.53 Å². The molecule has 116 valence electrons. The van der Waals surface area contributed by atoms with Crippen LogP contribution in [0.1, 0.15) is 17.5 Å². The molecule has 0 aliphatic rings. The number of allylic oxidation sites excluding steroid dienone is 1. The van der Waals surface area contributed by atoms with E-state index in [1.807, 2.05) is 30.3 Å². The maximum atomic E-state index is 12.5. The first-order valence-corrected chi connectivity index (χ1v) is 7.54. The van der Waals surface area contributed by atoms with E-state index in [1.54, 1.807) is 30.3 Å². The molecule has 0 aromatic heterocycles. The quantitative estimate of drug-likeness (QED) is 0.474. The Morgan fingerprint density at radius 3 is 2.43 bits per heavy atom. The average Bonchev–Trinajstić information content (AvgIpc) is 2.59. The van der Waals surface area contributed by atoms with Crippen LogP contribution in [0.25, 0.3) is 0 Å². The number of esters is 1. The van der Waals surface area contributed by atoms with Crippen LogP contribution in [0, 0.1) is 11.8 Å². The molecule has 0 aliphatic heterocycles. The van der Waals surface area contributed by atoms with Gasteiger partial charge in [-0.1, -0.05) is 59.8 Å². The van der Waals surface area contributed by atoms with Crippen molar-refractivity contribution in [3.05, 3.63) is 83.4 Å². The monoisotopic (exact) mass is 324 g/mol. The number of rotatable bonds is 4. The molecule has 2 aromatic rings. The van der Waals surface area contributed by atoms with E-state index in [4.69, 9.17) is 16.3 Å². The van der Waals surface area contributed by atoms with E-state index < -0.39 is 11.4 Å². The molecule has 0 bridgehead atoms. The number of methoxy groups -OCH3 is 1. The topological polar surface area (TPSA) is 26.3 Å². The second-order valence-corrected chi connectivity index (χ2v) is 5.45. The summed E-state index contributed by atoms with van der Waals surface area (Å²) in [5.41, 5.74) is 0.465. The Labute approximate surface area is 141 Å². The zero-order chi connectivity index (χ0) is 16.7. The molecule has 0 radical (unpaired) electrons. The van der Waals surface area contributed by atoms with Gasteiger partial charge in [0.2, 0.25) is 0 Å². The van der Waals surface area contributed by atoms with Gasteiger partial charge in [-0.15, -0.1) is 6.58 Å². The third kappa shape index (κ3) is 3.83. The zero-order valence-corrected chi connectivity index (χ0v) is 13.6. The molecule has 0 saturated carbocycles. The molecule has 0 amide bonds. The Hall–Kier alpha value is -2.50. The van der Waals surface area contributed by atoms with Crippen LogP contribution in [-0.2, 0) is 14.9 Å². The molecule has 2 nitrogen and oxygen atoms in total. The summed E-state index contributed by atoms with van der Waals surface area (Å²) in [6.07, 6.45) is 2.02. The van der Waals surface area contributed by atoms with Gasteiger partial charge in [0.1, 0.15) is 0 Å². The number of carbonyl (C=O) groups is 1. The maximum absolute atomic E-state index is 12.5. The van der Waals surface area contributed by atoms with E-state index in [1.165, 1.54) is 7.11 Å². The van der Waals surface area contributed by atoms with Crippen LogP contribution in [0.2, 0.25) is 5.02 Å². The Balaban J connectivity index is 2.58. The highest BCUT2D eigenvalue weighted by atomic mass is 35.5. The maximum Gasteiger partial charge on any atom is 0.328 e. The van der Waals surface area contributed by atoms with Crippen LogP contribution in [0.4, 0.5) is 0 Å². The molecule has 23 heavy (non-hydrogen) atoms. The van der Waals surface area contributed by atoms with E-state index in [0.717, 1.165) is 11.1 Å². The minimum Gasteiger partial charge on any atom is -0.468 e. The highest BCUT2D eigenvalue weighted by molar-refractivity contribution is 6.30. The SMILES string of the molecule is C=CCC(C#Cc1ccccc1)(C(=O)OC)c1ccc(Cl)cc1. The first-order chi connectivity index (χ1) is 11.1. The largest absolute Gasteiger partial charge is 0.468 e. The van der Waals surface area contributed by atoms with Gasteiger partial charge in [0.25, 0.3) is 0 Å². The second-order valence-electron chi connectivity index (χ2n) is 5.01. The lowest BCUT2D eigenvalue weighted by Crippen LogP contribution is -2.35. The summed E-state index contributed by atoms with van der Waals surface area (Å²) in [6, 6.07) is 16.6. The molecule has 1 unspecified atom stereocenters. The van der Waals surface area contributed by atoms with E-state index in [9.17, 15) is 4.79 Å². The standard InChI is InChI=1S/C20H17ClO2/c1-3-14-20(19(22)23-2,17-9-11-18(21)12-10-17)15-13-16-7-5-4-6-8-16/h3-12H,1,14H2,2H3. The smallest absolute Gasteiger partial charge is 0.328 e. The minimum absolute atomic E-state index is 0.348. The number of ether oxygens (including phenoxy) is 1. The number of hydrogen-bond acceptors (Lipinski definition) is 2. The average molecular weight is 325 g/mol. The van der Waals surface area contributed by atoms with Gasteiger partial charge >= 0.3 is 5.97 Å². The van der Waals surface area contributed by atoms with Gasteiger partial charge in [0, 0.05) is 10.6 Å². The molecule has 0 heterocycles. The van der Waals surface area contributed by atoms with E-state index in [0.29, 0.717) is 11.4 Å². The molecule has 0 N–H and O–H groups in total. The van der Waals surface area contributed by atoms with Crippen LogP contribution in [-0.4, -0.2) is 13.1 Å². The van der Waals surface area contributed by atoms with Gasteiger partial charge in [0.15, 0.2) is 5.41 Å². The Morgan fingerprint density at radius 1 is 1.22 bits per heavy atom. The van der Waals surface area contributed by atoms with Crippen LogP contribution in [0.3, 0.4) is 0 Å². The van der Waals surface area contributed by atoms with Crippen molar-refractivity contribution >= 4 is 17.6 Å². The fraction of sp³-hybridized carbons (Fsp3) is 0.150. The second kappa shape index (κ2) is 7.67. The number of hydrogen-bond donors (Lipinski definition) is 0. The summed E-state index contributed by atoms with van der Waals surface area (Å²) in [7, 11) is 1.36. The van der Waals surface area contributed by atoms with Gasteiger partial charge in [-0.2, -0.15) is 0 Å². The van der Waals surface area contributed by atoms with Crippen LogP contribution < -0.4 is 0 Å². The first kappa shape index (κ1) is 16.9. The molecule has 0 spiro atoms. The molecular formula is C20H17ClO2. The van der Waals surface area contributed by atoms with Crippen LogP contribution in [0.15, 0.2) is 67.3 Å². The van der Waals surface area contributed by atoms with Gasteiger partial charge in [-0.3, -0.25) is 4.79 Å². The Morgan fingerprint density at radius 2 is 1.87 bits per heavy atom. The van der Waals surface area contributed by atoms with E-state index >= 15 is 0 Å². The molecule has 2 rings (SSSR count). The third-order valence-corrected chi connectivity index (χ3v) is 3.77. The van der Waals surface area contributed by atoms with Crippen LogP contribution in [0.5, 0.6) is 0 Å².